The Hall–Kier alpha value is -2.14. The van der Waals surface area contributed by atoms with Crippen molar-refractivity contribution in [2.24, 2.45) is 0 Å². The summed E-state index contributed by atoms with van der Waals surface area (Å²) >= 11 is 1.66. The van der Waals surface area contributed by atoms with E-state index in [4.69, 9.17) is 0 Å². The van der Waals surface area contributed by atoms with Crippen molar-refractivity contribution in [3.05, 3.63) is 57.8 Å². The SMILES string of the molecule is CN(Cc1ccc(C(=O)NC2CC2)cc1)C(=O)CCc1ccsc1. The standard InChI is InChI=1S/C19H22N2O2S/c1-21(18(22)9-4-15-10-11-24-13-15)12-14-2-5-16(6-3-14)19(23)20-17-7-8-17/h2-3,5-6,10-11,13,17H,4,7-9,12H2,1H3,(H,20,23). The fraction of sp³-hybridized carbons (Fsp3) is 0.368. The van der Waals surface area contributed by atoms with Crippen molar-refractivity contribution in [3.8, 4) is 0 Å². The normalized spacial score (nSPS) is 13.5. The lowest BCUT2D eigenvalue weighted by Crippen LogP contribution is -2.27. The van der Waals surface area contributed by atoms with Gasteiger partial charge in [0.1, 0.15) is 0 Å². The van der Waals surface area contributed by atoms with Crippen LogP contribution in [-0.2, 0) is 17.8 Å². The lowest BCUT2D eigenvalue weighted by Gasteiger charge is -2.17. The molecular formula is C19H22N2O2S. The Bertz CT molecular complexity index is 691. The largest absolute Gasteiger partial charge is 0.349 e. The second-order valence-corrected chi connectivity index (χ2v) is 7.11. The van der Waals surface area contributed by atoms with Gasteiger partial charge in [-0.3, -0.25) is 9.59 Å². The molecule has 1 aliphatic carbocycles. The van der Waals surface area contributed by atoms with Crippen LogP contribution in [0.5, 0.6) is 0 Å². The molecule has 1 aliphatic rings. The summed E-state index contributed by atoms with van der Waals surface area (Å²) in [5, 5.41) is 7.09. The molecule has 2 aromatic rings. The van der Waals surface area contributed by atoms with Crippen LogP contribution in [0.1, 0.15) is 40.7 Å². The number of benzene rings is 1. The number of hydrogen-bond donors (Lipinski definition) is 1. The molecule has 0 spiro atoms. The molecule has 0 unspecified atom stereocenters. The van der Waals surface area contributed by atoms with E-state index in [0.29, 0.717) is 24.6 Å². The summed E-state index contributed by atoms with van der Waals surface area (Å²) in [4.78, 5) is 25.9. The molecule has 1 N–H and O–H groups in total. The highest BCUT2D eigenvalue weighted by atomic mass is 32.1. The Kier molecular flexibility index (Phi) is 5.30. The Labute approximate surface area is 146 Å². The molecule has 4 nitrogen and oxygen atoms in total. The van der Waals surface area contributed by atoms with Crippen LogP contribution in [0.3, 0.4) is 0 Å². The molecule has 0 saturated heterocycles. The molecule has 0 atom stereocenters. The second kappa shape index (κ2) is 7.62. The monoisotopic (exact) mass is 342 g/mol. The van der Waals surface area contributed by atoms with Crippen LogP contribution in [0.15, 0.2) is 41.1 Å². The van der Waals surface area contributed by atoms with E-state index in [1.54, 1.807) is 16.2 Å². The fourth-order valence-corrected chi connectivity index (χ4v) is 3.20. The first-order valence-electron chi connectivity index (χ1n) is 8.26. The number of nitrogens with one attached hydrogen (secondary N) is 1. The highest BCUT2D eigenvalue weighted by Gasteiger charge is 2.23. The van der Waals surface area contributed by atoms with E-state index in [1.165, 1.54) is 5.56 Å². The molecule has 0 aliphatic heterocycles. The van der Waals surface area contributed by atoms with Gasteiger partial charge in [0.2, 0.25) is 5.91 Å². The minimum absolute atomic E-state index is 0.00996. The molecular weight excluding hydrogens is 320 g/mol. The van der Waals surface area contributed by atoms with Crippen molar-refractivity contribution < 1.29 is 9.59 Å². The molecule has 1 fully saturated rings. The van der Waals surface area contributed by atoms with Crippen LogP contribution in [0, 0.1) is 0 Å². The molecule has 3 rings (SSSR count). The Morgan fingerprint density at radius 1 is 1.17 bits per heavy atom. The molecule has 0 radical (unpaired) electrons. The van der Waals surface area contributed by atoms with E-state index >= 15 is 0 Å². The number of amides is 2. The maximum Gasteiger partial charge on any atom is 0.251 e. The number of carbonyl (C=O) groups excluding carboxylic acids is 2. The maximum atomic E-state index is 12.2. The molecule has 24 heavy (non-hydrogen) atoms. The van der Waals surface area contributed by atoms with Crippen LogP contribution >= 0.6 is 11.3 Å². The van der Waals surface area contributed by atoms with E-state index < -0.39 is 0 Å². The maximum absolute atomic E-state index is 12.2. The van der Waals surface area contributed by atoms with Gasteiger partial charge >= 0.3 is 0 Å². The Balaban J connectivity index is 1.48. The number of aryl methyl sites for hydroxylation is 1. The van der Waals surface area contributed by atoms with Crippen molar-refractivity contribution in [1.29, 1.82) is 0 Å². The summed E-state index contributed by atoms with van der Waals surface area (Å²) < 4.78 is 0. The third-order valence-corrected chi connectivity index (χ3v) is 4.91. The van der Waals surface area contributed by atoms with Gasteiger partial charge in [-0.2, -0.15) is 11.3 Å². The van der Waals surface area contributed by atoms with Gasteiger partial charge in [-0.1, -0.05) is 12.1 Å². The molecule has 1 aromatic heterocycles. The smallest absolute Gasteiger partial charge is 0.251 e. The predicted octanol–water partition coefficient (Wildman–Crippen LogP) is 3.23. The number of thiophene rings is 1. The van der Waals surface area contributed by atoms with Gasteiger partial charge in [-0.15, -0.1) is 0 Å². The number of nitrogens with zero attached hydrogens (tertiary/aromatic N) is 1. The van der Waals surface area contributed by atoms with Crippen molar-refractivity contribution >= 4 is 23.2 Å². The molecule has 1 aromatic carbocycles. The quantitative estimate of drug-likeness (QED) is 0.840. The van der Waals surface area contributed by atoms with Crippen LogP contribution in [0.2, 0.25) is 0 Å². The molecule has 126 valence electrons. The highest BCUT2D eigenvalue weighted by Crippen LogP contribution is 2.19. The lowest BCUT2D eigenvalue weighted by atomic mass is 10.1. The van der Waals surface area contributed by atoms with Gasteiger partial charge < -0.3 is 10.2 Å². The highest BCUT2D eigenvalue weighted by molar-refractivity contribution is 7.07. The summed E-state index contributed by atoms with van der Waals surface area (Å²) in [6.07, 6.45) is 3.48. The average molecular weight is 342 g/mol. The van der Waals surface area contributed by atoms with Crippen LogP contribution in [0.25, 0.3) is 0 Å². The summed E-state index contributed by atoms with van der Waals surface area (Å²) in [6, 6.07) is 9.93. The average Bonchev–Trinajstić information content (AvgIpc) is 3.24. The first kappa shape index (κ1) is 16.7. The van der Waals surface area contributed by atoms with Gasteiger partial charge in [0.05, 0.1) is 0 Å². The van der Waals surface area contributed by atoms with E-state index in [1.807, 2.05) is 36.7 Å². The first-order chi connectivity index (χ1) is 11.6. The summed E-state index contributed by atoms with van der Waals surface area (Å²) in [7, 11) is 1.82. The topological polar surface area (TPSA) is 49.4 Å². The third kappa shape index (κ3) is 4.68. The van der Waals surface area contributed by atoms with Crippen LogP contribution < -0.4 is 5.32 Å². The van der Waals surface area contributed by atoms with E-state index in [9.17, 15) is 9.59 Å². The number of hydrogen-bond acceptors (Lipinski definition) is 3. The van der Waals surface area contributed by atoms with E-state index in [0.717, 1.165) is 24.8 Å². The first-order valence-corrected chi connectivity index (χ1v) is 9.21. The van der Waals surface area contributed by atoms with Crippen molar-refractivity contribution in [3.63, 3.8) is 0 Å². The zero-order chi connectivity index (χ0) is 16.9. The van der Waals surface area contributed by atoms with Gasteiger partial charge in [0.25, 0.3) is 5.91 Å². The van der Waals surface area contributed by atoms with Gasteiger partial charge in [-0.05, 0) is 59.3 Å². The minimum atomic E-state index is -0.00996. The summed E-state index contributed by atoms with van der Waals surface area (Å²) in [6.45, 7) is 0.562. The number of rotatable bonds is 7. The minimum Gasteiger partial charge on any atom is -0.349 e. The molecule has 5 heteroatoms. The lowest BCUT2D eigenvalue weighted by molar-refractivity contribution is -0.130. The summed E-state index contributed by atoms with van der Waals surface area (Å²) in [5.41, 5.74) is 2.93. The zero-order valence-corrected chi connectivity index (χ0v) is 14.6. The van der Waals surface area contributed by atoms with E-state index in [2.05, 4.69) is 16.8 Å². The van der Waals surface area contributed by atoms with Gasteiger partial charge in [-0.25, -0.2) is 0 Å². The van der Waals surface area contributed by atoms with Crippen LogP contribution in [0.4, 0.5) is 0 Å². The molecule has 1 heterocycles. The fourth-order valence-electron chi connectivity index (χ4n) is 2.50. The molecule has 0 bridgehead atoms. The molecule has 1 saturated carbocycles. The van der Waals surface area contributed by atoms with Crippen molar-refractivity contribution in [1.82, 2.24) is 10.2 Å². The van der Waals surface area contributed by atoms with Gasteiger partial charge in [0, 0.05) is 31.6 Å². The van der Waals surface area contributed by atoms with Crippen molar-refractivity contribution in [2.75, 3.05) is 7.05 Å². The Morgan fingerprint density at radius 2 is 1.92 bits per heavy atom. The second-order valence-electron chi connectivity index (χ2n) is 6.33. The third-order valence-electron chi connectivity index (χ3n) is 4.18. The summed E-state index contributed by atoms with van der Waals surface area (Å²) in [5.74, 6) is 0.126. The zero-order valence-electron chi connectivity index (χ0n) is 13.8. The van der Waals surface area contributed by atoms with Gasteiger partial charge in [0.15, 0.2) is 0 Å². The Morgan fingerprint density at radius 3 is 2.54 bits per heavy atom. The number of carbonyl (C=O) groups is 2. The molecule has 2 amide bonds. The van der Waals surface area contributed by atoms with E-state index in [-0.39, 0.29) is 11.8 Å². The predicted molar refractivity (Wildman–Crippen MR) is 96.0 cm³/mol. The van der Waals surface area contributed by atoms with Crippen LogP contribution in [-0.4, -0.2) is 29.8 Å². The van der Waals surface area contributed by atoms with Crippen molar-refractivity contribution in [2.45, 2.75) is 38.3 Å².